The average Bonchev–Trinajstić information content (AvgIpc) is 3.06. The van der Waals surface area contributed by atoms with E-state index in [2.05, 4.69) is 10.6 Å². The van der Waals surface area contributed by atoms with Crippen LogP contribution in [0.4, 0.5) is 0 Å². The molecule has 0 bridgehead atoms. The van der Waals surface area contributed by atoms with Gasteiger partial charge in [0.2, 0.25) is 5.91 Å². The first-order valence-electron chi connectivity index (χ1n) is 10.8. The van der Waals surface area contributed by atoms with E-state index in [0.717, 1.165) is 16.3 Å². The molecule has 0 aromatic heterocycles. The Morgan fingerprint density at radius 1 is 1.09 bits per heavy atom. The largest absolute Gasteiger partial charge is 0.508 e. The lowest BCUT2D eigenvalue weighted by atomic mass is 9.92. The van der Waals surface area contributed by atoms with Crippen LogP contribution in [0, 0.1) is 0 Å². The van der Waals surface area contributed by atoms with E-state index in [1.807, 2.05) is 30.3 Å². The predicted molar refractivity (Wildman–Crippen MR) is 134 cm³/mol. The van der Waals surface area contributed by atoms with Crippen LogP contribution in [0.3, 0.4) is 0 Å². The Morgan fingerprint density at radius 2 is 1.76 bits per heavy atom. The van der Waals surface area contributed by atoms with E-state index >= 15 is 0 Å². The van der Waals surface area contributed by atoms with Crippen molar-refractivity contribution in [2.75, 3.05) is 6.61 Å². The summed E-state index contributed by atoms with van der Waals surface area (Å²) in [6.45, 7) is 3.30. The van der Waals surface area contributed by atoms with Gasteiger partial charge in [-0.2, -0.15) is 13.5 Å². The topological polar surface area (TPSA) is 105 Å². The quantitative estimate of drug-likeness (QED) is 0.503. The van der Waals surface area contributed by atoms with Crippen LogP contribution < -0.4 is 10.6 Å². The lowest BCUT2D eigenvalue weighted by molar-refractivity contribution is -0.130. The van der Waals surface area contributed by atoms with E-state index in [4.69, 9.17) is 4.74 Å². The lowest BCUT2D eigenvalue weighted by Crippen LogP contribution is -2.60. The summed E-state index contributed by atoms with van der Waals surface area (Å²) >= 11 is 0. The summed E-state index contributed by atoms with van der Waals surface area (Å²) in [5.41, 5.74) is 0.0314. The van der Waals surface area contributed by atoms with E-state index in [9.17, 15) is 19.5 Å². The average molecular weight is 481 g/mol. The summed E-state index contributed by atoms with van der Waals surface area (Å²) < 4.78 is 5.41. The second-order valence-electron chi connectivity index (χ2n) is 8.49. The first-order chi connectivity index (χ1) is 15.8. The number of rotatable bonds is 6. The normalized spacial score (nSPS) is 20.4. The predicted octanol–water partition coefficient (Wildman–Crippen LogP) is 2.86. The van der Waals surface area contributed by atoms with Gasteiger partial charge in [0.15, 0.2) is 5.78 Å². The van der Waals surface area contributed by atoms with Crippen molar-refractivity contribution in [1.82, 2.24) is 10.6 Å². The van der Waals surface area contributed by atoms with Crippen molar-refractivity contribution >= 4 is 41.9 Å². The Balaban J connectivity index is 0.00000324. The summed E-state index contributed by atoms with van der Waals surface area (Å²) in [6.07, 6.45) is -0.306. The van der Waals surface area contributed by atoms with Gasteiger partial charge in [-0.15, -0.1) is 0 Å². The minimum absolute atomic E-state index is 0. The zero-order valence-corrected chi connectivity index (χ0v) is 20.0. The molecular formula is C26H28N2O5S. The van der Waals surface area contributed by atoms with Crippen LogP contribution in [0.1, 0.15) is 29.8 Å². The van der Waals surface area contributed by atoms with E-state index < -0.39 is 29.5 Å². The third kappa shape index (κ3) is 5.08. The van der Waals surface area contributed by atoms with Crippen molar-refractivity contribution < 1.29 is 24.2 Å². The standard InChI is InChI=1S/C26H26N2O5.H2S/c1-16-26(2,23(30)15-33-16)28-25(32)22(14-17-10-12-19(29)13-11-17)27-24(31)21-9-5-7-18-6-3-4-8-20(18)21;/h3-13,16,22,29H,14-15H2,1-2H3,(H,27,31)(H,28,32);1H2/t16-,22+,26-;/m1./s1. The van der Waals surface area contributed by atoms with Crippen LogP contribution in [0.15, 0.2) is 66.7 Å². The number of hydrogen-bond donors (Lipinski definition) is 3. The number of carbonyl (C=O) groups is 3. The number of benzene rings is 3. The van der Waals surface area contributed by atoms with Gasteiger partial charge >= 0.3 is 0 Å². The van der Waals surface area contributed by atoms with Gasteiger partial charge in [-0.3, -0.25) is 14.4 Å². The molecule has 1 heterocycles. The van der Waals surface area contributed by atoms with Crippen LogP contribution in [-0.2, 0) is 20.7 Å². The Morgan fingerprint density at radius 3 is 2.44 bits per heavy atom. The molecule has 1 aliphatic heterocycles. The number of fused-ring (bicyclic) bond motifs is 1. The van der Waals surface area contributed by atoms with Crippen LogP contribution in [-0.4, -0.2) is 47.0 Å². The van der Waals surface area contributed by atoms with E-state index in [0.29, 0.717) is 5.56 Å². The molecule has 0 radical (unpaired) electrons. The Kier molecular flexibility index (Phi) is 7.64. The second-order valence-corrected chi connectivity index (χ2v) is 8.49. The highest BCUT2D eigenvalue weighted by Gasteiger charge is 2.47. The van der Waals surface area contributed by atoms with Gasteiger partial charge in [-0.25, -0.2) is 0 Å². The number of ether oxygens (including phenoxy) is 1. The number of hydrogen-bond acceptors (Lipinski definition) is 5. The minimum Gasteiger partial charge on any atom is -0.508 e. The summed E-state index contributed by atoms with van der Waals surface area (Å²) in [5.74, 6) is -0.982. The molecule has 8 heteroatoms. The minimum atomic E-state index is -1.17. The van der Waals surface area contributed by atoms with Crippen LogP contribution in [0.2, 0.25) is 0 Å². The molecule has 4 rings (SSSR count). The fourth-order valence-electron chi connectivity index (χ4n) is 3.99. The molecule has 2 amide bonds. The molecule has 178 valence electrons. The van der Waals surface area contributed by atoms with Crippen molar-refractivity contribution in [3.8, 4) is 5.75 Å². The van der Waals surface area contributed by atoms with Gasteiger partial charge in [-0.1, -0.05) is 48.5 Å². The van der Waals surface area contributed by atoms with Crippen LogP contribution in [0.5, 0.6) is 5.75 Å². The van der Waals surface area contributed by atoms with E-state index in [-0.39, 0.29) is 38.1 Å². The van der Waals surface area contributed by atoms with Crippen molar-refractivity contribution in [2.24, 2.45) is 0 Å². The number of amides is 2. The number of aromatic hydroxyl groups is 1. The summed E-state index contributed by atoms with van der Waals surface area (Å²) in [6, 6.07) is 18.4. The Hall–Kier alpha value is -3.36. The first kappa shape index (κ1) is 25.3. The number of carbonyl (C=O) groups excluding carboxylic acids is 3. The molecule has 0 spiro atoms. The van der Waals surface area contributed by atoms with Gasteiger partial charge in [0.05, 0.1) is 6.10 Å². The molecule has 3 aromatic carbocycles. The third-order valence-corrected chi connectivity index (χ3v) is 6.27. The molecule has 34 heavy (non-hydrogen) atoms. The van der Waals surface area contributed by atoms with Gasteiger partial charge in [0, 0.05) is 12.0 Å². The zero-order valence-electron chi connectivity index (χ0n) is 19.0. The number of phenols is 1. The summed E-state index contributed by atoms with van der Waals surface area (Å²) in [7, 11) is 0. The highest BCUT2D eigenvalue weighted by Crippen LogP contribution is 2.23. The smallest absolute Gasteiger partial charge is 0.252 e. The first-order valence-corrected chi connectivity index (χ1v) is 10.8. The summed E-state index contributed by atoms with van der Waals surface area (Å²) in [4.78, 5) is 39.0. The lowest BCUT2D eigenvalue weighted by Gasteiger charge is -2.30. The molecule has 1 aliphatic rings. The SMILES string of the molecule is C[C@H]1OCC(=O)[C@]1(C)NC(=O)[C@H](Cc1ccc(O)cc1)NC(=O)c1cccc2ccccc12.S. The molecule has 0 saturated carbocycles. The molecule has 1 fully saturated rings. The maximum absolute atomic E-state index is 13.3. The fraction of sp³-hybridized carbons (Fsp3) is 0.269. The second kappa shape index (κ2) is 10.3. The molecule has 3 aromatic rings. The van der Waals surface area contributed by atoms with Crippen molar-refractivity contribution in [1.29, 1.82) is 0 Å². The van der Waals surface area contributed by atoms with Crippen molar-refractivity contribution in [3.63, 3.8) is 0 Å². The van der Waals surface area contributed by atoms with Crippen molar-refractivity contribution in [3.05, 3.63) is 77.9 Å². The van der Waals surface area contributed by atoms with Crippen LogP contribution >= 0.6 is 13.5 Å². The molecule has 7 nitrogen and oxygen atoms in total. The Labute approximate surface area is 204 Å². The maximum Gasteiger partial charge on any atom is 0.252 e. The highest BCUT2D eigenvalue weighted by atomic mass is 32.1. The van der Waals surface area contributed by atoms with E-state index in [1.54, 1.807) is 38.1 Å². The number of ketones is 1. The molecule has 3 N–H and O–H groups in total. The van der Waals surface area contributed by atoms with Crippen LogP contribution in [0.25, 0.3) is 10.8 Å². The van der Waals surface area contributed by atoms with E-state index in [1.165, 1.54) is 12.1 Å². The zero-order chi connectivity index (χ0) is 23.6. The van der Waals surface area contributed by atoms with Gasteiger partial charge in [-0.05, 0) is 48.4 Å². The molecule has 3 atom stereocenters. The van der Waals surface area contributed by atoms with Gasteiger partial charge < -0.3 is 20.5 Å². The fourth-order valence-corrected chi connectivity index (χ4v) is 3.99. The molecule has 0 unspecified atom stereocenters. The van der Waals surface area contributed by atoms with Gasteiger partial charge in [0.1, 0.15) is 23.9 Å². The maximum atomic E-state index is 13.3. The third-order valence-electron chi connectivity index (χ3n) is 6.27. The molecular weight excluding hydrogens is 452 g/mol. The number of nitrogens with one attached hydrogen (secondary N) is 2. The highest BCUT2D eigenvalue weighted by molar-refractivity contribution is 7.59. The van der Waals surface area contributed by atoms with Gasteiger partial charge in [0.25, 0.3) is 5.91 Å². The number of Topliss-reactive ketones (excluding diaryl/α,β-unsaturated/α-hetero) is 1. The number of phenolic OH excluding ortho intramolecular Hbond substituents is 1. The molecule has 1 saturated heterocycles. The monoisotopic (exact) mass is 480 g/mol. The Bertz CT molecular complexity index is 1210. The van der Waals surface area contributed by atoms with Crippen molar-refractivity contribution in [2.45, 2.75) is 38.0 Å². The molecule has 0 aliphatic carbocycles. The summed E-state index contributed by atoms with van der Waals surface area (Å²) in [5, 5.41) is 16.9.